The maximum absolute atomic E-state index is 12.0. The fourth-order valence-corrected chi connectivity index (χ4v) is 5.34. The third-order valence-corrected chi connectivity index (χ3v) is 6.62. The van der Waals surface area contributed by atoms with Gasteiger partial charge in [-0.1, -0.05) is 53.4 Å². The first-order valence-electron chi connectivity index (χ1n) is 9.01. The molecule has 2 atom stereocenters. The van der Waals surface area contributed by atoms with E-state index >= 15 is 0 Å². The van der Waals surface area contributed by atoms with E-state index in [-0.39, 0.29) is 12.2 Å². The standard InChI is InChI=1S/C16H34O6S2/c1-5-9-11-15(7-3)21-23(17,18)13-14-24(19,20)22-16(8-4)12-10-6-2/h15-16H,5-14H2,1-4H3. The van der Waals surface area contributed by atoms with Gasteiger partial charge in [-0.05, 0) is 25.7 Å². The van der Waals surface area contributed by atoms with E-state index in [9.17, 15) is 16.8 Å². The molecule has 0 rings (SSSR count). The maximum Gasteiger partial charge on any atom is 0.268 e. The van der Waals surface area contributed by atoms with E-state index in [0.717, 1.165) is 25.7 Å². The van der Waals surface area contributed by atoms with Crippen molar-refractivity contribution in [3.05, 3.63) is 0 Å². The summed E-state index contributed by atoms with van der Waals surface area (Å²) in [6, 6.07) is 0. The fraction of sp³-hybridized carbons (Fsp3) is 1.00. The van der Waals surface area contributed by atoms with Gasteiger partial charge in [-0.15, -0.1) is 0 Å². The number of hydrogen-bond donors (Lipinski definition) is 0. The molecule has 0 saturated heterocycles. The third kappa shape index (κ3) is 11.4. The summed E-state index contributed by atoms with van der Waals surface area (Å²) in [7, 11) is -7.75. The highest BCUT2D eigenvalue weighted by atomic mass is 32.2. The lowest BCUT2D eigenvalue weighted by Gasteiger charge is -2.17. The maximum atomic E-state index is 12.0. The van der Waals surface area contributed by atoms with Gasteiger partial charge in [0.2, 0.25) is 0 Å². The molecular weight excluding hydrogens is 352 g/mol. The van der Waals surface area contributed by atoms with Crippen LogP contribution in [-0.2, 0) is 28.6 Å². The Balaban J connectivity index is 4.55. The molecule has 0 fully saturated rings. The van der Waals surface area contributed by atoms with E-state index in [1.54, 1.807) is 0 Å². The Morgan fingerprint density at radius 2 is 1.00 bits per heavy atom. The Morgan fingerprint density at radius 3 is 1.25 bits per heavy atom. The predicted molar refractivity (Wildman–Crippen MR) is 97.0 cm³/mol. The van der Waals surface area contributed by atoms with Crippen LogP contribution >= 0.6 is 0 Å². The second-order valence-corrected chi connectivity index (χ2v) is 9.49. The van der Waals surface area contributed by atoms with Crippen LogP contribution in [-0.4, -0.2) is 40.5 Å². The average Bonchev–Trinajstić information content (AvgIpc) is 2.53. The minimum absolute atomic E-state index is 0.383. The molecule has 0 aromatic heterocycles. The lowest BCUT2D eigenvalue weighted by Crippen LogP contribution is -2.27. The zero-order valence-electron chi connectivity index (χ0n) is 15.5. The van der Waals surface area contributed by atoms with Crippen LogP contribution in [0.5, 0.6) is 0 Å². The molecule has 0 aromatic carbocycles. The van der Waals surface area contributed by atoms with Crippen molar-refractivity contribution in [3.8, 4) is 0 Å². The zero-order chi connectivity index (χ0) is 18.6. The zero-order valence-corrected chi connectivity index (χ0v) is 17.1. The molecule has 0 bridgehead atoms. The van der Waals surface area contributed by atoms with Gasteiger partial charge in [0, 0.05) is 0 Å². The predicted octanol–water partition coefficient (Wildman–Crippen LogP) is 3.62. The molecule has 0 N–H and O–H groups in total. The summed E-state index contributed by atoms with van der Waals surface area (Å²) in [4.78, 5) is 0. The highest BCUT2D eigenvalue weighted by Gasteiger charge is 2.24. The van der Waals surface area contributed by atoms with Gasteiger partial charge in [0.1, 0.15) is 0 Å². The minimum Gasteiger partial charge on any atom is -0.267 e. The van der Waals surface area contributed by atoms with E-state index in [1.807, 2.05) is 27.7 Å². The van der Waals surface area contributed by atoms with Gasteiger partial charge in [-0.3, -0.25) is 8.37 Å². The molecule has 6 nitrogen and oxygen atoms in total. The van der Waals surface area contributed by atoms with Gasteiger partial charge in [0.05, 0.1) is 23.7 Å². The van der Waals surface area contributed by atoms with Gasteiger partial charge < -0.3 is 0 Å². The molecule has 146 valence electrons. The van der Waals surface area contributed by atoms with Gasteiger partial charge in [-0.2, -0.15) is 16.8 Å². The van der Waals surface area contributed by atoms with E-state index in [2.05, 4.69) is 0 Å². The number of unbranched alkanes of at least 4 members (excludes halogenated alkanes) is 2. The third-order valence-electron chi connectivity index (χ3n) is 3.82. The smallest absolute Gasteiger partial charge is 0.267 e. The van der Waals surface area contributed by atoms with E-state index in [0.29, 0.717) is 25.7 Å². The Labute approximate surface area is 148 Å². The lowest BCUT2D eigenvalue weighted by molar-refractivity contribution is 0.187. The highest BCUT2D eigenvalue weighted by molar-refractivity contribution is 7.90. The summed E-state index contributed by atoms with van der Waals surface area (Å²) >= 11 is 0. The van der Waals surface area contributed by atoms with Crippen molar-refractivity contribution in [2.75, 3.05) is 11.5 Å². The van der Waals surface area contributed by atoms with Crippen LogP contribution in [0.1, 0.15) is 79.1 Å². The van der Waals surface area contributed by atoms with Crippen molar-refractivity contribution < 1.29 is 25.2 Å². The average molecular weight is 387 g/mol. The lowest BCUT2D eigenvalue weighted by atomic mass is 10.1. The topological polar surface area (TPSA) is 86.7 Å². The van der Waals surface area contributed by atoms with Crippen LogP contribution in [0.4, 0.5) is 0 Å². The van der Waals surface area contributed by atoms with Gasteiger partial charge in [-0.25, -0.2) is 0 Å². The quantitative estimate of drug-likeness (QED) is 0.400. The summed E-state index contributed by atoms with van der Waals surface area (Å²) in [6.45, 7) is 7.76. The Hall–Kier alpha value is -0.180. The summed E-state index contributed by atoms with van der Waals surface area (Å²) in [5.41, 5.74) is 0. The van der Waals surface area contributed by atoms with E-state index in [4.69, 9.17) is 8.37 Å². The first-order valence-corrected chi connectivity index (χ1v) is 12.2. The molecule has 0 spiro atoms. The molecule has 0 aliphatic carbocycles. The second kappa shape index (κ2) is 12.2. The normalized spacial score (nSPS) is 15.3. The molecule has 0 amide bonds. The van der Waals surface area contributed by atoms with Crippen molar-refractivity contribution in [1.82, 2.24) is 0 Å². The van der Waals surface area contributed by atoms with Gasteiger partial charge >= 0.3 is 0 Å². The van der Waals surface area contributed by atoms with Crippen molar-refractivity contribution >= 4 is 20.2 Å². The second-order valence-electron chi connectivity index (χ2n) is 6.06. The Bertz CT molecular complexity index is 465. The molecular formula is C16H34O6S2. The largest absolute Gasteiger partial charge is 0.268 e. The van der Waals surface area contributed by atoms with Crippen LogP contribution in [0, 0.1) is 0 Å². The molecule has 0 heterocycles. The van der Waals surface area contributed by atoms with Crippen molar-refractivity contribution in [2.24, 2.45) is 0 Å². The summed E-state index contributed by atoms with van der Waals surface area (Å²) in [5, 5.41) is 0. The summed E-state index contributed by atoms with van der Waals surface area (Å²) < 4.78 is 58.2. The monoisotopic (exact) mass is 386 g/mol. The molecule has 0 radical (unpaired) electrons. The first-order chi connectivity index (χ1) is 11.2. The summed E-state index contributed by atoms with van der Waals surface area (Å²) in [5.74, 6) is -1.13. The number of hydrogen-bond acceptors (Lipinski definition) is 6. The molecule has 24 heavy (non-hydrogen) atoms. The van der Waals surface area contributed by atoms with E-state index in [1.165, 1.54) is 0 Å². The van der Waals surface area contributed by atoms with E-state index < -0.39 is 31.7 Å². The van der Waals surface area contributed by atoms with Crippen LogP contribution in [0.15, 0.2) is 0 Å². The van der Waals surface area contributed by atoms with Crippen molar-refractivity contribution in [1.29, 1.82) is 0 Å². The van der Waals surface area contributed by atoms with Gasteiger partial charge in [0.15, 0.2) is 0 Å². The molecule has 2 unspecified atom stereocenters. The fourth-order valence-electron chi connectivity index (χ4n) is 2.22. The Kier molecular flexibility index (Phi) is 12.1. The van der Waals surface area contributed by atoms with Crippen LogP contribution < -0.4 is 0 Å². The van der Waals surface area contributed by atoms with Crippen molar-refractivity contribution in [3.63, 3.8) is 0 Å². The minimum atomic E-state index is -3.88. The molecule has 0 saturated carbocycles. The SMILES string of the molecule is CCCCC(CC)OS(=O)(=O)CCS(=O)(=O)OC(CC)CCCC. The molecule has 8 heteroatoms. The number of rotatable bonds is 15. The van der Waals surface area contributed by atoms with Crippen LogP contribution in [0.2, 0.25) is 0 Å². The van der Waals surface area contributed by atoms with Crippen LogP contribution in [0.25, 0.3) is 0 Å². The molecule has 0 aliphatic heterocycles. The Morgan fingerprint density at radius 1 is 0.667 bits per heavy atom. The first kappa shape index (κ1) is 23.8. The highest BCUT2D eigenvalue weighted by Crippen LogP contribution is 2.15. The van der Waals surface area contributed by atoms with Gasteiger partial charge in [0.25, 0.3) is 20.2 Å². The summed E-state index contributed by atoms with van der Waals surface area (Å²) in [6.07, 6.45) is 5.38. The van der Waals surface area contributed by atoms with Crippen LogP contribution in [0.3, 0.4) is 0 Å². The van der Waals surface area contributed by atoms with Crippen molar-refractivity contribution in [2.45, 2.75) is 91.3 Å². The molecule has 0 aromatic rings. The molecule has 0 aliphatic rings.